The third-order valence-corrected chi connectivity index (χ3v) is 6.24. The lowest BCUT2D eigenvalue weighted by Crippen LogP contribution is -2.46. The summed E-state index contributed by atoms with van der Waals surface area (Å²) in [7, 11) is 1.34. The molecule has 1 unspecified atom stereocenters. The number of nitrogens with zero attached hydrogens (tertiary/aromatic N) is 5. The number of ether oxygens (including phenoxy) is 1. The maximum absolute atomic E-state index is 10.9. The molecular weight excluding hydrogens is 533 g/mol. The molecule has 13 heteroatoms. The van der Waals surface area contributed by atoms with Crippen LogP contribution >= 0.6 is 22.6 Å². The van der Waals surface area contributed by atoms with Gasteiger partial charge in [-0.2, -0.15) is 0 Å². The number of imidazole rings is 1. The lowest BCUT2D eigenvalue weighted by molar-refractivity contribution is -0.149. The Balaban J connectivity index is 1.57. The highest BCUT2D eigenvalue weighted by atomic mass is 127. The van der Waals surface area contributed by atoms with E-state index in [1.807, 2.05) is 18.2 Å². The Kier molecular flexibility index (Phi) is 6.43. The van der Waals surface area contributed by atoms with E-state index in [1.165, 1.54) is 24.3 Å². The van der Waals surface area contributed by atoms with E-state index in [9.17, 15) is 20.1 Å². The van der Waals surface area contributed by atoms with Crippen LogP contribution in [0.1, 0.15) is 11.8 Å². The Morgan fingerprint density at radius 3 is 2.84 bits per heavy atom. The molecule has 1 aliphatic rings. The number of aliphatic hydroxyl groups is 3. The van der Waals surface area contributed by atoms with E-state index in [-0.39, 0.29) is 0 Å². The van der Waals surface area contributed by atoms with E-state index in [2.05, 4.69) is 42.9 Å². The zero-order valence-corrected chi connectivity index (χ0v) is 19.1. The van der Waals surface area contributed by atoms with E-state index < -0.39 is 30.8 Å². The largest absolute Gasteiger partial charge is 0.398 e. The third kappa shape index (κ3) is 4.09. The van der Waals surface area contributed by atoms with Gasteiger partial charge in [0.2, 0.25) is 6.41 Å². The molecule has 32 heavy (non-hydrogen) atoms. The van der Waals surface area contributed by atoms with Crippen molar-refractivity contribution < 1.29 is 24.9 Å². The summed E-state index contributed by atoms with van der Waals surface area (Å²) >= 11 is 2.17. The molecule has 0 bridgehead atoms. The number of halogens is 1. The summed E-state index contributed by atoms with van der Waals surface area (Å²) < 4.78 is 8.10. The van der Waals surface area contributed by atoms with Gasteiger partial charge in [0.25, 0.3) is 0 Å². The van der Waals surface area contributed by atoms with Crippen LogP contribution in [0.2, 0.25) is 0 Å². The second-order valence-electron chi connectivity index (χ2n) is 7.41. The molecule has 1 fully saturated rings. The molecule has 1 aromatic carbocycles. The van der Waals surface area contributed by atoms with Crippen LogP contribution in [0.25, 0.3) is 11.2 Å². The lowest BCUT2D eigenvalue weighted by Gasteiger charge is -2.26. The van der Waals surface area contributed by atoms with Crippen molar-refractivity contribution in [1.82, 2.24) is 24.4 Å². The van der Waals surface area contributed by atoms with Crippen molar-refractivity contribution in [1.29, 1.82) is 0 Å². The fraction of sp³-hybridized carbons (Fsp3) is 0.368. The molecule has 1 amide bonds. The average Bonchev–Trinajstić information content (AvgIpc) is 3.35. The number of hydrogen-bond donors (Lipinski definition) is 5. The molecule has 5 atom stereocenters. The number of benzene rings is 1. The number of hydrogen-bond acceptors (Lipinski definition) is 10. The van der Waals surface area contributed by atoms with E-state index in [1.54, 1.807) is 0 Å². The van der Waals surface area contributed by atoms with Crippen molar-refractivity contribution in [3.8, 4) is 0 Å². The van der Waals surface area contributed by atoms with Gasteiger partial charge in [0, 0.05) is 22.8 Å². The van der Waals surface area contributed by atoms with Gasteiger partial charge in [-0.1, -0.05) is 6.07 Å². The molecule has 1 aliphatic heterocycles. The maximum Gasteiger partial charge on any atom is 0.211 e. The highest BCUT2D eigenvalue weighted by Crippen LogP contribution is 2.34. The monoisotopic (exact) mass is 555 g/mol. The SMILES string of the molecule is CN(C=O)C(O)[C@H]1O[C@@H](n2cnc3c(NCc4ccc(N)c(I)c4)ncnc32)[C@H](O)[C@@H]1O. The first-order chi connectivity index (χ1) is 15.3. The summed E-state index contributed by atoms with van der Waals surface area (Å²) in [6, 6.07) is 5.71. The molecular formula is C19H22IN7O5. The standard InChI is InChI=1S/C19H22IN7O5/c1-26(8-28)18(31)15-13(29)14(30)19(32-15)27-7-25-12-16(23-6-24-17(12)27)22-5-9-2-3-11(21)10(20)4-9/h2-4,6-8,13-15,18-19,29-31H,5,21H2,1H3,(H,22,23,24)/t13-,14+,15-,18?,19+/m0/s1. The van der Waals surface area contributed by atoms with Crippen molar-refractivity contribution in [2.24, 2.45) is 0 Å². The van der Waals surface area contributed by atoms with Crippen molar-refractivity contribution in [2.45, 2.75) is 37.3 Å². The van der Waals surface area contributed by atoms with E-state index >= 15 is 0 Å². The molecule has 1 saturated heterocycles. The molecule has 12 nitrogen and oxygen atoms in total. The summed E-state index contributed by atoms with van der Waals surface area (Å²) in [5, 5.41) is 34.3. The van der Waals surface area contributed by atoms with Gasteiger partial charge in [-0.15, -0.1) is 0 Å². The summed E-state index contributed by atoms with van der Waals surface area (Å²) in [5.41, 5.74) is 8.38. The quantitative estimate of drug-likeness (QED) is 0.112. The van der Waals surface area contributed by atoms with Crippen LogP contribution in [-0.2, 0) is 16.1 Å². The first-order valence-corrected chi connectivity index (χ1v) is 10.7. The Morgan fingerprint density at radius 1 is 1.34 bits per heavy atom. The van der Waals surface area contributed by atoms with Gasteiger partial charge in [-0.05, 0) is 40.3 Å². The molecule has 6 N–H and O–H groups in total. The molecule has 3 aromatic rings. The third-order valence-electron chi connectivity index (χ3n) is 5.31. The summed E-state index contributed by atoms with van der Waals surface area (Å²) in [6.45, 7) is 0.475. The zero-order valence-electron chi connectivity index (χ0n) is 16.9. The summed E-state index contributed by atoms with van der Waals surface area (Å²) in [6.07, 6.45) is -3.37. The predicted octanol–water partition coefficient (Wildman–Crippen LogP) is -0.349. The van der Waals surface area contributed by atoms with E-state index in [4.69, 9.17) is 10.5 Å². The molecule has 0 aliphatic carbocycles. The number of aliphatic hydroxyl groups excluding tert-OH is 3. The summed E-state index contributed by atoms with van der Waals surface area (Å²) in [5.74, 6) is 0.478. The number of nitrogens with two attached hydrogens (primary N) is 1. The Bertz CT molecular complexity index is 1130. The highest BCUT2D eigenvalue weighted by molar-refractivity contribution is 14.1. The van der Waals surface area contributed by atoms with Gasteiger partial charge in [-0.25, -0.2) is 15.0 Å². The zero-order chi connectivity index (χ0) is 23.0. The van der Waals surface area contributed by atoms with Gasteiger partial charge in [0.1, 0.15) is 24.6 Å². The van der Waals surface area contributed by atoms with Crippen molar-refractivity contribution in [3.63, 3.8) is 0 Å². The number of carbonyl (C=O) groups excluding carboxylic acids is 1. The van der Waals surface area contributed by atoms with Gasteiger partial charge < -0.3 is 36.0 Å². The van der Waals surface area contributed by atoms with Crippen LogP contribution in [-0.4, -0.2) is 77.7 Å². The number of nitrogen functional groups attached to an aromatic ring is 1. The maximum atomic E-state index is 10.9. The van der Waals surface area contributed by atoms with E-state index in [0.717, 1.165) is 14.0 Å². The Labute approximate surface area is 196 Å². The number of carbonyl (C=O) groups is 1. The number of amides is 1. The first kappa shape index (κ1) is 22.6. The normalized spacial score (nSPS) is 23.9. The Hall–Kier alpha value is -2.59. The van der Waals surface area contributed by atoms with Crippen LogP contribution in [0, 0.1) is 3.57 Å². The first-order valence-electron chi connectivity index (χ1n) is 9.64. The van der Waals surface area contributed by atoms with Crippen LogP contribution in [0.5, 0.6) is 0 Å². The highest BCUT2D eigenvalue weighted by Gasteiger charge is 2.48. The van der Waals surface area contributed by atoms with E-state index in [0.29, 0.717) is 35.6 Å². The van der Waals surface area contributed by atoms with Gasteiger partial charge >= 0.3 is 0 Å². The number of fused-ring (bicyclic) bond motifs is 1. The lowest BCUT2D eigenvalue weighted by atomic mass is 10.1. The Morgan fingerprint density at radius 2 is 2.12 bits per heavy atom. The van der Waals surface area contributed by atoms with Crippen LogP contribution in [0.4, 0.5) is 11.5 Å². The molecule has 0 saturated carbocycles. The van der Waals surface area contributed by atoms with Crippen LogP contribution in [0.3, 0.4) is 0 Å². The average molecular weight is 555 g/mol. The van der Waals surface area contributed by atoms with Crippen molar-refractivity contribution in [2.75, 3.05) is 18.1 Å². The van der Waals surface area contributed by atoms with Crippen LogP contribution < -0.4 is 11.1 Å². The van der Waals surface area contributed by atoms with Gasteiger partial charge in [-0.3, -0.25) is 9.36 Å². The molecule has 4 rings (SSSR count). The van der Waals surface area contributed by atoms with Gasteiger partial charge in [0.05, 0.1) is 6.33 Å². The topological polar surface area (TPSA) is 172 Å². The second kappa shape index (κ2) is 9.11. The minimum absolute atomic E-state index is 0.365. The van der Waals surface area contributed by atoms with Crippen molar-refractivity contribution in [3.05, 3.63) is 40.0 Å². The number of aromatic nitrogens is 4. The molecule has 3 heterocycles. The molecule has 0 spiro atoms. The number of likely N-dealkylation sites (N-methyl/N-ethyl adjacent to an activating group) is 1. The smallest absolute Gasteiger partial charge is 0.211 e. The van der Waals surface area contributed by atoms with Crippen molar-refractivity contribution >= 4 is 51.7 Å². The fourth-order valence-corrected chi connectivity index (χ4v) is 4.07. The minimum Gasteiger partial charge on any atom is -0.398 e. The molecule has 170 valence electrons. The van der Waals surface area contributed by atoms with Crippen LogP contribution in [0.15, 0.2) is 30.9 Å². The number of rotatable bonds is 7. The summed E-state index contributed by atoms with van der Waals surface area (Å²) in [4.78, 5) is 24.7. The second-order valence-corrected chi connectivity index (χ2v) is 8.57. The molecule has 2 aromatic heterocycles. The van der Waals surface area contributed by atoms with Gasteiger partial charge in [0.15, 0.2) is 29.4 Å². The molecule has 0 radical (unpaired) electrons. The minimum atomic E-state index is -1.44. The predicted molar refractivity (Wildman–Crippen MR) is 122 cm³/mol. The number of nitrogens with one attached hydrogen (secondary N) is 1. The fourth-order valence-electron chi connectivity index (χ4n) is 3.49. The number of anilines is 2.